The number of aromatic nitrogens is 2. The number of hydrogen-bond donors (Lipinski definition) is 2. The van der Waals surface area contributed by atoms with Crippen LogP contribution in [-0.4, -0.2) is 41.4 Å². The van der Waals surface area contributed by atoms with Gasteiger partial charge in [-0.3, -0.25) is 15.0 Å². The number of hydrogen-bond acceptors (Lipinski definition) is 5. The lowest BCUT2D eigenvalue weighted by atomic mass is 9.86. The zero-order valence-corrected chi connectivity index (χ0v) is 23.3. The van der Waals surface area contributed by atoms with E-state index in [2.05, 4.69) is 26.2 Å². The topological polar surface area (TPSA) is 93.2 Å². The van der Waals surface area contributed by atoms with Gasteiger partial charge in [0.05, 0.1) is 22.6 Å². The molecule has 1 heterocycles. The van der Waals surface area contributed by atoms with Crippen molar-refractivity contribution in [2.45, 2.75) is 39.7 Å². The van der Waals surface area contributed by atoms with E-state index in [1.807, 2.05) is 30.3 Å². The van der Waals surface area contributed by atoms with E-state index < -0.39 is 6.04 Å². The van der Waals surface area contributed by atoms with Crippen molar-refractivity contribution in [3.8, 4) is 0 Å². The standard InChI is InChI=1S/C30H33BClN5O2/c1-30(2,3)19-26(36(17-7-16-33)28(38)20-10-12-21(31)13-11-20)27-34-25-18-22(32)14-15-24(25)29(39)37(27)35-23-8-5-4-6-9-23/h4-6,8-15,18,26,35H,7,16-17,19,33H2,1-3H3. The summed E-state index contributed by atoms with van der Waals surface area (Å²) in [6.45, 7) is 7.08. The van der Waals surface area contributed by atoms with Gasteiger partial charge in [0, 0.05) is 17.1 Å². The van der Waals surface area contributed by atoms with E-state index in [1.165, 1.54) is 4.68 Å². The van der Waals surface area contributed by atoms with E-state index in [1.54, 1.807) is 47.4 Å². The molecule has 1 aromatic heterocycles. The van der Waals surface area contributed by atoms with Crippen molar-refractivity contribution in [1.82, 2.24) is 14.6 Å². The van der Waals surface area contributed by atoms with Crippen molar-refractivity contribution in [3.05, 3.63) is 99.6 Å². The molecule has 0 saturated carbocycles. The van der Waals surface area contributed by atoms with Crippen LogP contribution < -0.4 is 22.2 Å². The summed E-state index contributed by atoms with van der Waals surface area (Å²) in [5.74, 6) is 0.221. The summed E-state index contributed by atoms with van der Waals surface area (Å²) >= 11 is 6.30. The molecule has 0 spiro atoms. The average Bonchev–Trinajstić information content (AvgIpc) is 2.90. The first kappa shape index (κ1) is 28.4. The Morgan fingerprint density at radius 3 is 2.44 bits per heavy atom. The summed E-state index contributed by atoms with van der Waals surface area (Å²) in [7, 11) is 5.88. The van der Waals surface area contributed by atoms with Gasteiger partial charge in [0.2, 0.25) is 0 Å². The van der Waals surface area contributed by atoms with Crippen LogP contribution in [0, 0.1) is 5.41 Å². The molecule has 0 aliphatic heterocycles. The molecule has 9 heteroatoms. The Morgan fingerprint density at radius 1 is 1.10 bits per heavy atom. The van der Waals surface area contributed by atoms with Gasteiger partial charge >= 0.3 is 0 Å². The molecule has 3 aromatic carbocycles. The quantitative estimate of drug-likeness (QED) is 0.300. The van der Waals surface area contributed by atoms with Gasteiger partial charge in [-0.25, -0.2) is 9.66 Å². The highest BCUT2D eigenvalue weighted by molar-refractivity contribution is 6.32. The Balaban J connectivity index is 1.96. The smallest absolute Gasteiger partial charge is 0.280 e. The van der Waals surface area contributed by atoms with Crippen molar-refractivity contribution in [3.63, 3.8) is 0 Å². The van der Waals surface area contributed by atoms with Crippen molar-refractivity contribution in [1.29, 1.82) is 0 Å². The highest BCUT2D eigenvalue weighted by Gasteiger charge is 2.33. The summed E-state index contributed by atoms with van der Waals surface area (Å²) in [5.41, 5.74) is 10.9. The van der Waals surface area contributed by atoms with Crippen LogP contribution in [0.25, 0.3) is 10.9 Å². The first-order valence-electron chi connectivity index (χ1n) is 13.0. The largest absolute Gasteiger partial charge is 0.330 e. The molecule has 7 nitrogen and oxygen atoms in total. The third kappa shape index (κ3) is 6.88. The number of para-hydroxylation sites is 1. The highest BCUT2D eigenvalue weighted by Crippen LogP contribution is 2.35. The van der Waals surface area contributed by atoms with E-state index in [9.17, 15) is 9.59 Å². The average molecular weight is 542 g/mol. The number of carbonyl (C=O) groups is 1. The second kappa shape index (κ2) is 12.1. The van der Waals surface area contributed by atoms with Gasteiger partial charge in [-0.1, -0.05) is 80.3 Å². The number of amides is 1. The maximum absolute atomic E-state index is 14.0. The number of carbonyl (C=O) groups excluding carboxylic acids is 1. The Hall–Kier alpha value is -3.62. The maximum atomic E-state index is 14.0. The fraction of sp³-hybridized carbons (Fsp3) is 0.300. The molecule has 0 aliphatic rings. The van der Waals surface area contributed by atoms with Crippen molar-refractivity contribution < 1.29 is 4.79 Å². The third-order valence-corrected chi connectivity index (χ3v) is 6.61. The monoisotopic (exact) mass is 541 g/mol. The lowest BCUT2D eigenvalue weighted by molar-refractivity contribution is 0.0609. The summed E-state index contributed by atoms with van der Waals surface area (Å²) < 4.78 is 1.45. The van der Waals surface area contributed by atoms with Crippen LogP contribution in [0.3, 0.4) is 0 Å². The van der Waals surface area contributed by atoms with Crippen molar-refractivity contribution >= 4 is 47.4 Å². The molecule has 2 radical (unpaired) electrons. The van der Waals surface area contributed by atoms with E-state index in [0.29, 0.717) is 64.4 Å². The Labute approximate surface area is 235 Å². The number of anilines is 1. The second-order valence-corrected chi connectivity index (χ2v) is 11.2. The number of halogens is 1. The Morgan fingerprint density at radius 2 is 1.79 bits per heavy atom. The molecule has 4 rings (SSSR count). The zero-order chi connectivity index (χ0) is 28.2. The van der Waals surface area contributed by atoms with Crippen molar-refractivity contribution in [2.75, 3.05) is 18.5 Å². The molecular formula is C30H33BClN5O2. The molecule has 1 amide bonds. The second-order valence-electron chi connectivity index (χ2n) is 10.8. The SMILES string of the molecule is [B]c1ccc(C(=O)N(CCCN)C(CC(C)(C)C)c2nc3cc(Cl)ccc3c(=O)n2Nc2ccccc2)cc1. The lowest BCUT2D eigenvalue weighted by Gasteiger charge is -2.36. The Kier molecular flexibility index (Phi) is 8.78. The van der Waals surface area contributed by atoms with Crippen LogP contribution in [0.4, 0.5) is 5.69 Å². The number of rotatable bonds is 9. The molecular weight excluding hydrogens is 509 g/mol. The molecule has 0 fully saturated rings. The van der Waals surface area contributed by atoms with E-state index >= 15 is 0 Å². The molecule has 1 unspecified atom stereocenters. The normalized spacial score (nSPS) is 12.3. The summed E-state index contributed by atoms with van der Waals surface area (Å²) in [4.78, 5) is 34.7. The molecule has 39 heavy (non-hydrogen) atoms. The fourth-order valence-corrected chi connectivity index (χ4v) is 4.69. The minimum Gasteiger partial charge on any atom is -0.330 e. The first-order valence-corrected chi connectivity index (χ1v) is 13.4. The van der Waals surface area contributed by atoms with Crippen molar-refractivity contribution in [2.24, 2.45) is 11.1 Å². The van der Waals surface area contributed by atoms with Gasteiger partial charge in [0.25, 0.3) is 11.5 Å². The van der Waals surface area contributed by atoms with Crippen LogP contribution in [0.1, 0.15) is 55.8 Å². The minimum atomic E-state index is -0.561. The van der Waals surface area contributed by atoms with E-state index in [0.717, 1.165) is 0 Å². The van der Waals surface area contributed by atoms with Gasteiger partial charge in [0.15, 0.2) is 5.82 Å². The zero-order valence-electron chi connectivity index (χ0n) is 22.5. The maximum Gasteiger partial charge on any atom is 0.280 e. The third-order valence-electron chi connectivity index (χ3n) is 6.37. The van der Waals surface area contributed by atoms with Gasteiger partial charge in [-0.15, -0.1) is 0 Å². The first-order chi connectivity index (χ1) is 18.6. The predicted molar refractivity (Wildman–Crippen MR) is 160 cm³/mol. The number of nitrogens with one attached hydrogen (secondary N) is 1. The molecule has 3 N–H and O–H groups in total. The van der Waals surface area contributed by atoms with Gasteiger partial charge in [-0.05, 0) is 55.1 Å². The number of nitrogens with two attached hydrogens (primary N) is 1. The lowest BCUT2D eigenvalue weighted by Crippen LogP contribution is -2.43. The van der Waals surface area contributed by atoms with E-state index in [4.69, 9.17) is 30.2 Å². The molecule has 200 valence electrons. The Bertz CT molecular complexity index is 1500. The summed E-state index contributed by atoms with van der Waals surface area (Å²) in [5, 5.41) is 0.888. The number of fused-ring (bicyclic) bond motifs is 1. The van der Waals surface area contributed by atoms with Gasteiger partial charge in [0.1, 0.15) is 7.85 Å². The molecule has 1 atom stereocenters. The van der Waals surface area contributed by atoms with Crippen LogP contribution in [0.15, 0.2) is 77.6 Å². The van der Waals surface area contributed by atoms with E-state index in [-0.39, 0.29) is 16.9 Å². The fourth-order valence-electron chi connectivity index (χ4n) is 4.52. The van der Waals surface area contributed by atoms with Gasteiger partial charge < -0.3 is 10.6 Å². The van der Waals surface area contributed by atoms with Crippen LogP contribution in [0.2, 0.25) is 5.02 Å². The molecule has 0 aliphatic carbocycles. The van der Waals surface area contributed by atoms with Crippen LogP contribution >= 0.6 is 11.6 Å². The minimum absolute atomic E-state index is 0.190. The molecule has 0 saturated heterocycles. The molecule has 4 aromatic rings. The molecule has 0 bridgehead atoms. The van der Waals surface area contributed by atoms with Crippen LogP contribution in [0.5, 0.6) is 0 Å². The summed E-state index contributed by atoms with van der Waals surface area (Å²) in [6, 6.07) is 20.7. The van der Waals surface area contributed by atoms with Crippen LogP contribution in [-0.2, 0) is 0 Å². The summed E-state index contributed by atoms with van der Waals surface area (Å²) in [6.07, 6.45) is 1.12. The number of nitrogens with zero attached hydrogens (tertiary/aromatic N) is 3. The number of benzene rings is 3. The predicted octanol–water partition coefficient (Wildman–Crippen LogP) is 4.69. The van der Waals surface area contributed by atoms with Gasteiger partial charge in [-0.2, -0.15) is 0 Å². The highest BCUT2D eigenvalue weighted by atomic mass is 35.5.